The number of carbonyl (C=O) groups is 2. The molecule has 1 amide bonds. The summed E-state index contributed by atoms with van der Waals surface area (Å²) in [6, 6.07) is 7.96. The van der Waals surface area contributed by atoms with Crippen LogP contribution in [0.25, 0.3) is 0 Å². The molecular weight excluding hydrogens is 280 g/mol. The molecule has 22 heavy (non-hydrogen) atoms. The van der Waals surface area contributed by atoms with Gasteiger partial charge in [0.05, 0.1) is 0 Å². The molecule has 2 N–H and O–H groups in total. The number of amides is 1. The quantitative estimate of drug-likeness (QED) is 0.911. The van der Waals surface area contributed by atoms with Gasteiger partial charge in [-0.2, -0.15) is 0 Å². The number of carbonyl (C=O) groups excluding carboxylic acids is 1. The van der Waals surface area contributed by atoms with E-state index in [9.17, 15) is 14.7 Å². The van der Waals surface area contributed by atoms with E-state index in [2.05, 4.69) is 5.32 Å². The number of benzene rings is 1. The van der Waals surface area contributed by atoms with Gasteiger partial charge in [0.1, 0.15) is 5.69 Å². The van der Waals surface area contributed by atoms with Crippen molar-refractivity contribution in [1.82, 2.24) is 9.88 Å². The van der Waals surface area contributed by atoms with E-state index in [1.54, 1.807) is 29.8 Å². The largest absolute Gasteiger partial charge is 0.479 e. The summed E-state index contributed by atoms with van der Waals surface area (Å²) in [5.74, 6) is -1.48. The molecule has 1 aromatic heterocycles. The molecule has 0 fully saturated rings. The zero-order valence-electron chi connectivity index (χ0n) is 13.2. The summed E-state index contributed by atoms with van der Waals surface area (Å²) in [5.41, 5.74) is 3.87. The topological polar surface area (TPSA) is 71.3 Å². The van der Waals surface area contributed by atoms with Crippen molar-refractivity contribution in [3.63, 3.8) is 0 Å². The number of carboxylic acids is 1. The third-order valence-corrected chi connectivity index (χ3v) is 3.71. The van der Waals surface area contributed by atoms with Crippen LogP contribution in [-0.2, 0) is 11.8 Å². The van der Waals surface area contributed by atoms with E-state index in [0.717, 1.165) is 16.8 Å². The second-order valence-electron chi connectivity index (χ2n) is 5.58. The van der Waals surface area contributed by atoms with Crippen LogP contribution >= 0.6 is 0 Å². The Bertz CT molecular complexity index is 711. The lowest BCUT2D eigenvalue weighted by molar-refractivity contribution is -0.139. The van der Waals surface area contributed by atoms with Gasteiger partial charge in [0.15, 0.2) is 6.04 Å². The van der Waals surface area contributed by atoms with Crippen molar-refractivity contribution in [2.45, 2.75) is 26.8 Å². The van der Waals surface area contributed by atoms with Gasteiger partial charge < -0.3 is 15.0 Å². The summed E-state index contributed by atoms with van der Waals surface area (Å²) < 4.78 is 1.73. The Balaban J connectivity index is 2.31. The van der Waals surface area contributed by atoms with E-state index in [0.29, 0.717) is 11.3 Å². The lowest BCUT2D eigenvalue weighted by Crippen LogP contribution is -2.34. The molecule has 1 heterocycles. The average Bonchev–Trinajstić information content (AvgIpc) is 2.74. The summed E-state index contributed by atoms with van der Waals surface area (Å²) in [6.45, 7) is 5.69. The van der Waals surface area contributed by atoms with Gasteiger partial charge in [-0.05, 0) is 38.5 Å². The minimum Gasteiger partial charge on any atom is -0.479 e. The first-order chi connectivity index (χ1) is 10.3. The van der Waals surface area contributed by atoms with Gasteiger partial charge in [-0.25, -0.2) is 4.79 Å². The number of rotatable bonds is 4. The summed E-state index contributed by atoms with van der Waals surface area (Å²) in [4.78, 5) is 23.9. The third-order valence-electron chi connectivity index (χ3n) is 3.71. The van der Waals surface area contributed by atoms with E-state index >= 15 is 0 Å². The van der Waals surface area contributed by atoms with Crippen molar-refractivity contribution in [2.75, 3.05) is 0 Å². The maximum Gasteiger partial charge on any atom is 0.330 e. The molecule has 2 aromatic rings. The van der Waals surface area contributed by atoms with Crippen LogP contribution in [0, 0.1) is 20.8 Å². The number of nitrogens with one attached hydrogen (secondary N) is 1. The zero-order chi connectivity index (χ0) is 16.4. The van der Waals surface area contributed by atoms with Crippen LogP contribution < -0.4 is 5.32 Å². The minimum atomic E-state index is -1.08. The third kappa shape index (κ3) is 3.19. The highest BCUT2D eigenvalue weighted by Gasteiger charge is 2.24. The molecule has 5 heteroatoms. The normalized spacial score (nSPS) is 12.0. The molecule has 0 aliphatic heterocycles. The minimum absolute atomic E-state index is 0.401. The van der Waals surface area contributed by atoms with Crippen LogP contribution in [0.2, 0.25) is 0 Å². The summed E-state index contributed by atoms with van der Waals surface area (Å²) in [6.07, 6.45) is 0. The van der Waals surface area contributed by atoms with E-state index in [1.807, 2.05) is 32.9 Å². The summed E-state index contributed by atoms with van der Waals surface area (Å²) in [7, 11) is 1.77. The number of aliphatic carboxylic acids is 1. The average molecular weight is 300 g/mol. The van der Waals surface area contributed by atoms with Crippen LogP contribution in [0.5, 0.6) is 0 Å². The molecule has 1 atom stereocenters. The molecule has 0 radical (unpaired) electrons. The predicted molar refractivity (Wildman–Crippen MR) is 83.9 cm³/mol. The first kappa shape index (κ1) is 15.8. The maximum absolute atomic E-state index is 12.3. The van der Waals surface area contributed by atoms with Gasteiger partial charge in [-0.3, -0.25) is 4.79 Å². The van der Waals surface area contributed by atoms with Crippen molar-refractivity contribution in [1.29, 1.82) is 0 Å². The number of aryl methyl sites for hydroxylation is 3. The van der Waals surface area contributed by atoms with Gasteiger partial charge in [0, 0.05) is 12.7 Å². The Kier molecular flexibility index (Phi) is 4.35. The monoisotopic (exact) mass is 300 g/mol. The molecule has 1 unspecified atom stereocenters. The SMILES string of the molecule is Cc1cc(C)cc(C(NC(=O)c2ccc(C)n2C)C(=O)O)c1. The van der Waals surface area contributed by atoms with Crippen LogP contribution in [0.4, 0.5) is 0 Å². The number of carboxylic acid groups (broad SMARTS) is 1. The predicted octanol–water partition coefficient (Wildman–Crippen LogP) is 2.51. The van der Waals surface area contributed by atoms with Crippen LogP contribution in [0.15, 0.2) is 30.3 Å². The Morgan fingerprint density at radius 1 is 1.09 bits per heavy atom. The van der Waals surface area contributed by atoms with E-state index in [-0.39, 0.29) is 0 Å². The molecule has 0 spiro atoms. The highest BCUT2D eigenvalue weighted by atomic mass is 16.4. The second-order valence-corrected chi connectivity index (χ2v) is 5.58. The number of aromatic nitrogens is 1. The fraction of sp³-hybridized carbons (Fsp3) is 0.294. The lowest BCUT2D eigenvalue weighted by Gasteiger charge is -2.16. The van der Waals surface area contributed by atoms with E-state index < -0.39 is 17.9 Å². The number of nitrogens with zero attached hydrogens (tertiary/aromatic N) is 1. The highest BCUT2D eigenvalue weighted by molar-refractivity contribution is 5.95. The maximum atomic E-state index is 12.3. The number of hydrogen-bond donors (Lipinski definition) is 2. The molecule has 0 saturated heterocycles. The van der Waals surface area contributed by atoms with Gasteiger partial charge in [0.2, 0.25) is 0 Å². The first-order valence-electron chi connectivity index (χ1n) is 7.04. The molecule has 2 rings (SSSR count). The first-order valence-corrected chi connectivity index (χ1v) is 7.04. The molecule has 5 nitrogen and oxygen atoms in total. The van der Waals surface area contributed by atoms with Gasteiger partial charge in [-0.15, -0.1) is 0 Å². The van der Waals surface area contributed by atoms with Crippen molar-refractivity contribution < 1.29 is 14.7 Å². The van der Waals surface area contributed by atoms with E-state index in [4.69, 9.17) is 0 Å². The van der Waals surface area contributed by atoms with Crippen molar-refractivity contribution >= 4 is 11.9 Å². The van der Waals surface area contributed by atoms with Gasteiger partial charge >= 0.3 is 5.97 Å². The Hall–Kier alpha value is -2.56. The molecule has 0 aliphatic rings. The van der Waals surface area contributed by atoms with Crippen molar-refractivity contribution in [3.8, 4) is 0 Å². The Morgan fingerprint density at radius 3 is 2.14 bits per heavy atom. The summed E-state index contributed by atoms with van der Waals surface area (Å²) >= 11 is 0. The standard InChI is InChI=1S/C17H20N2O3/c1-10-7-11(2)9-13(8-10)15(17(21)22)18-16(20)14-6-5-12(3)19(14)4/h5-9,15H,1-4H3,(H,18,20)(H,21,22). The van der Waals surface area contributed by atoms with E-state index in [1.165, 1.54) is 0 Å². The van der Waals surface area contributed by atoms with Crippen LogP contribution in [0.1, 0.15) is 38.9 Å². The zero-order valence-corrected chi connectivity index (χ0v) is 13.2. The molecule has 116 valence electrons. The number of hydrogen-bond acceptors (Lipinski definition) is 2. The fourth-order valence-corrected chi connectivity index (χ4v) is 2.51. The van der Waals surface area contributed by atoms with Crippen LogP contribution in [-0.4, -0.2) is 21.6 Å². The second kappa shape index (κ2) is 6.05. The fourth-order valence-electron chi connectivity index (χ4n) is 2.51. The molecule has 0 saturated carbocycles. The molecule has 0 aliphatic carbocycles. The van der Waals surface area contributed by atoms with Gasteiger partial charge in [0.25, 0.3) is 5.91 Å². The van der Waals surface area contributed by atoms with Crippen LogP contribution in [0.3, 0.4) is 0 Å². The smallest absolute Gasteiger partial charge is 0.330 e. The lowest BCUT2D eigenvalue weighted by atomic mass is 10.0. The Morgan fingerprint density at radius 2 is 1.68 bits per heavy atom. The highest BCUT2D eigenvalue weighted by Crippen LogP contribution is 2.18. The van der Waals surface area contributed by atoms with Gasteiger partial charge in [-0.1, -0.05) is 29.3 Å². The van der Waals surface area contributed by atoms with Crippen molar-refractivity contribution in [2.24, 2.45) is 7.05 Å². The summed E-state index contributed by atoms with van der Waals surface area (Å²) in [5, 5.41) is 12.1. The Labute approximate surface area is 129 Å². The molecular formula is C17H20N2O3. The molecule has 0 bridgehead atoms. The van der Waals surface area contributed by atoms with Crippen molar-refractivity contribution in [3.05, 3.63) is 58.4 Å². The molecule has 1 aromatic carbocycles.